The number of methoxy groups -OCH3 is 1. The second-order valence-electron chi connectivity index (χ2n) is 4.62. The normalized spacial score (nSPS) is 14.0. The molecular weight excluding hydrogens is 294 g/mol. The summed E-state index contributed by atoms with van der Waals surface area (Å²) in [6.45, 7) is -2.98. The fraction of sp³-hybridized carbons (Fsp3) is 0.333. The molecule has 0 aliphatic heterocycles. The average Bonchev–Trinajstić information content (AvgIpc) is 2.94. The predicted octanol–water partition coefficient (Wildman–Crippen LogP) is 2.99. The second kappa shape index (κ2) is 6.89. The molecule has 0 radical (unpaired) electrons. The van der Waals surface area contributed by atoms with Crippen molar-refractivity contribution < 1.29 is 23.0 Å². The van der Waals surface area contributed by atoms with Crippen LogP contribution in [0.3, 0.4) is 0 Å². The highest BCUT2D eigenvalue weighted by Crippen LogP contribution is 2.30. The first-order chi connectivity index (χ1) is 10.5. The smallest absolute Gasteiger partial charge is 0.387 e. The molecule has 0 aromatic heterocycles. The van der Waals surface area contributed by atoms with Crippen molar-refractivity contribution in [2.24, 2.45) is 0 Å². The molecule has 116 valence electrons. The highest BCUT2D eigenvalue weighted by Gasteiger charge is 2.19. The van der Waals surface area contributed by atoms with E-state index in [1.807, 2.05) is 0 Å². The summed E-state index contributed by atoms with van der Waals surface area (Å²) in [4.78, 5) is 12.2. The molecule has 1 aromatic carbocycles. The van der Waals surface area contributed by atoms with Gasteiger partial charge in [-0.15, -0.1) is 0 Å². The summed E-state index contributed by atoms with van der Waals surface area (Å²) in [6, 6.07) is 5.98. The predicted molar refractivity (Wildman–Crippen MR) is 73.6 cm³/mol. The molecule has 0 fully saturated rings. The van der Waals surface area contributed by atoms with E-state index in [2.05, 4.69) is 16.1 Å². The quantitative estimate of drug-likeness (QED) is 0.907. The van der Waals surface area contributed by atoms with Gasteiger partial charge in [0.05, 0.1) is 13.2 Å². The molecule has 2 rings (SSSR count). The first-order valence-corrected chi connectivity index (χ1v) is 6.61. The number of hydrogen-bond donors (Lipinski definition) is 1. The lowest BCUT2D eigenvalue weighted by Crippen LogP contribution is -2.22. The van der Waals surface area contributed by atoms with Gasteiger partial charge in [0.1, 0.15) is 0 Å². The van der Waals surface area contributed by atoms with Gasteiger partial charge < -0.3 is 14.8 Å². The number of benzene rings is 1. The molecule has 5 nitrogen and oxygen atoms in total. The second-order valence-corrected chi connectivity index (χ2v) is 4.62. The number of ether oxygens (including phenoxy) is 2. The van der Waals surface area contributed by atoms with Crippen LogP contribution in [-0.4, -0.2) is 19.6 Å². The Hall–Kier alpha value is -2.62. The summed E-state index contributed by atoms with van der Waals surface area (Å²) in [7, 11) is 1.29. The Labute approximate surface area is 126 Å². The Morgan fingerprint density at radius 3 is 2.77 bits per heavy atom. The molecule has 1 N–H and O–H groups in total. The van der Waals surface area contributed by atoms with Gasteiger partial charge in [-0.25, -0.2) is 0 Å². The maximum Gasteiger partial charge on any atom is 0.387 e. The molecule has 0 saturated heterocycles. The van der Waals surface area contributed by atoms with Gasteiger partial charge in [-0.3, -0.25) is 4.79 Å². The largest absolute Gasteiger partial charge is 0.493 e. The number of hydrogen-bond acceptors (Lipinski definition) is 4. The third kappa shape index (κ3) is 3.52. The van der Waals surface area contributed by atoms with E-state index in [0.717, 1.165) is 6.42 Å². The molecule has 0 heterocycles. The number of alkyl halides is 2. The number of rotatable bonds is 5. The van der Waals surface area contributed by atoms with E-state index in [9.17, 15) is 13.6 Å². The van der Waals surface area contributed by atoms with Crippen molar-refractivity contribution >= 4 is 5.91 Å². The average molecular weight is 308 g/mol. The number of nitriles is 1. The van der Waals surface area contributed by atoms with Gasteiger partial charge in [-0.1, -0.05) is 0 Å². The van der Waals surface area contributed by atoms with E-state index < -0.39 is 12.5 Å². The van der Waals surface area contributed by atoms with E-state index in [4.69, 9.17) is 10.00 Å². The van der Waals surface area contributed by atoms with Crippen LogP contribution >= 0.6 is 0 Å². The minimum Gasteiger partial charge on any atom is -0.493 e. The zero-order valence-electron chi connectivity index (χ0n) is 11.9. The van der Waals surface area contributed by atoms with E-state index in [1.54, 1.807) is 0 Å². The molecule has 1 aliphatic rings. The number of nitrogens with one attached hydrogen (secondary N) is 1. The maximum absolute atomic E-state index is 12.3. The summed E-state index contributed by atoms with van der Waals surface area (Å²) in [6.07, 6.45) is 2.11. The van der Waals surface area contributed by atoms with Crippen LogP contribution in [0.25, 0.3) is 0 Å². The van der Waals surface area contributed by atoms with Gasteiger partial charge in [0.25, 0.3) is 5.91 Å². The van der Waals surface area contributed by atoms with Crippen molar-refractivity contribution in [2.45, 2.75) is 25.9 Å². The van der Waals surface area contributed by atoms with Gasteiger partial charge >= 0.3 is 6.61 Å². The topological polar surface area (TPSA) is 71.3 Å². The molecule has 1 amide bonds. The summed E-state index contributed by atoms with van der Waals surface area (Å²) in [5, 5.41) is 11.6. The van der Waals surface area contributed by atoms with Crippen LogP contribution in [0.5, 0.6) is 11.5 Å². The summed E-state index contributed by atoms with van der Waals surface area (Å²) < 4.78 is 33.8. The third-order valence-corrected chi connectivity index (χ3v) is 3.26. The number of amides is 1. The monoisotopic (exact) mass is 308 g/mol. The van der Waals surface area contributed by atoms with E-state index >= 15 is 0 Å². The first-order valence-electron chi connectivity index (χ1n) is 6.61. The van der Waals surface area contributed by atoms with Crippen LogP contribution in [0.4, 0.5) is 8.78 Å². The van der Waals surface area contributed by atoms with Crippen molar-refractivity contribution in [3.8, 4) is 17.6 Å². The van der Waals surface area contributed by atoms with Gasteiger partial charge in [0.2, 0.25) is 0 Å². The molecule has 0 spiro atoms. The summed E-state index contributed by atoms with van der Waals surface area (Å²) >= 11 is 0. The van der Waals surface area contributed by atoms with Crippen molar-refractivity contribution in [1.82, 2.24) is 5.32 Å². The van der Waals surface area contributed by atoms with Crippen molar-refractivity contribution in [3.05, 3.63) is 35.0 Å². The zero-order chi connectivity index (χ0) is 16.1. The molecule has 0 unspecified atom stereocenters. The number of carbonyl (C=O) groups excluding carboxylic acids is 1. The Kier molecular flexibility index (Phi) is 4.94. The standard InChI is InChI=1S/C15H14F2N2O3/c1-21-13-7-9(5-6-12(13)22-15(16)17)14(20)19-11-4-2-3-10(11)8-18/h5-7,15H,2-4H2,1H3,(H,19,20). The molecule has 1 aromatic rings. The Morgan fingerprint density at radius 2 is 2.14 bits per heavy atom. The highest BCUT2D eigenvalue weighted by molar-refractivity contribution is 5.96. The minimum absolute atomic E-state index is 0.0360. The van der Waals surface area contributed by atoms with Gasteiger partial charge in [-0.2, -0.15) is 14.0 Å². The van der Waals surface area contributed by atoms with Crippen LogP contribution < -0.4 is 14.8 Å². The van der Waals surface area contributed by atoms with Crippen molar-refractivity contribution in [3.63, 3.8) is 0 Å². The van der Waals surface area contributed by atoms with Crippen molar-refractivity contribution in [1.29, 1.82) is 5.26 Å². The van der Waals surface area contributed by atoms with E-state index in [1.165, 1.54) is 25.3 Å². The lowest BCUT2D eigenvalue weighted by molar-refractivity contribution is -0.0512. The van der Waals surface area contributed by atoms with E-state index in [0.29, 0.717) is 24.1 Å². The van der Waals surface area contributed by atoms with Gasteiger partial charge in [0.15, 0.2) is 11.5 Å². The fourth-order valence-electron chi connectivity index (χ4n) is 2.22. The molecule has 7 heteroatoms. The third-order valence-electron chi connectivity index (χ3n) is 3.26. The summed E-state index contributed by atoms with van der Waals surface area (Å²) in [5.41, 5.74) is 1.41. The van der Waals surface area contributed by atoms with Crippen LogP contribution in [0.15, 0.2) is 29.5 Å². The Bertz CT molecular complexity index is 651. The number of carbonyl (C=O) groups is 1. The molecule has 1 aliphatic carbocycles. The van der Waals surface area contributed by atoms with Gasteiger partial charge in [0, 0.05) is 16.8 Å². The van der Waals surface area contributed by atoms with Crippen LogP contribution in [0, 0.1) is 11.3 Å². The first kappa shape index (κ1) is 15.8. The molecule has 22 heavy (non-hydrogen) atoms. The fourth-order valence-corrected chi connectivity index (χ4v) is 2.22. The number of allylic oxidation sites excluding steroid dienone is 2. The zero-order valence-corrected chi connectivity index (χ0v) is 11.9. The van der Waals surface area contributed by atoms with Crippen LogP contribution in [0.2, 0.25) is 0 Å². The summed E-state index contributed by atoms with van der Waals surface area (Å²) in [5.74, 6) is -0.535. The molecule has 0 bridgehead atoms. The highest BCUT2D eigenvalue weighted by atomic mass is 19.3. The Morgan fingerprint density at radius 1 is 1.36 bits per heavy atom. The maximum atomic E-state index is 12.3. The van der Waals surface area contributed by atoms with Crippen LogP contribution in [0.1, 0.15) is 29.6 Å². The molecule has 0 saturated carbocycles. The number of nitrogens with zero attached hydrogens (tertiary/aromatic N) is 1. The molecular formula is C15H14F2N2O3. The van der Waals surface area contributed by atoms with E-state index in [-0.39, 0.29) is 17.1 Å². The molecule has 0 atom stereocenters. The van der Waals surface area contributed by atoms with Gasteiger partial charge in [-0.05, 0) is 37.5 Å². The lowest BCUT2D eigenvalue weighted by Gasteiger charge is -2.12. The Balaban J connectivity index is 2.19. The SMILES string of the molecule is COc1cc(C(=O)NC2=C(C#N)CCC2)ccc1OC(F)F. The minimum atomic E-state index is -2.98. The van der Waals surface area contributed by atoms with Crippen molar-refractivity contribution in [2.75, 3.05) is 7.11 Å². The number of halogens is 2. The lowest BCUT2D eigenvalue weighted by atomic mass is 10.1. The van der Waals surface area contributed by atoms with Crippen LogP contribution in [-0.2, 0) is 0 Å².